The number of rotatable bonds is 4. The summed E-state index contributed by atoms with van der Waals surface area (Å²) in [4.78, 5) is 5.89. The molecule has 1 aromatic rings. The molecule has 1 aromatic heterocycles. The molecule has 1 unspecified atom stereocenters. The second-order valence-corrected chi connectivity index (χ2v) is 6.24. The minimum atomic E-state index is 0.441. The van der Waals surface area contributed by atoms with Gasteiger partial charge in [-0.3, -0.25) is 0 Å². The van der Waals surface area contributed by atoms with E-state index >= 15 is 0 Å². The smallest absolute Gasteiger partial charge is 0.0900 e. The number of hydrogen-bond acceptors (Lipinski definition) is 4. The highest BCUT2D eigenvalue weighted by molar-refractivity contribution is 7.11. The number of nitrogens with one attached hydrogen (secondary N) is 2. The summed E-state index contributed by atoms with van der Waals surface area (Å²) >= 11 is 1.82. The molecule has 2 rings (SSSR count). The van der Waals surface area contributed by atoms with Gasteiger partial charge in [-0.1, -0.05) is 0 Å². The highest BCUT2D eigenvalue weighted by Crippen LogP contribution is 2.24. The van der Waals surface area contributed by atoms with E-state index in [2.05, 4.69) is 36.4 Å². The Balaban J connectivity index is 1.84. The third-order valence-electron chi connectivity index (χ3n) is 3.50. The van der Waals surface area contributed by atoms with Crippen LogP contribution in [0.4, 0.5) is 0 Å². The van der Waals surface area contributed by atoms with Gasteiger partial charge in [0.25, 0.3) is 0 Å². The van der Waals surface area contributed by atoms with Gasteiger partial charge in [0.2, 0.25) is 0 Å². The molecular weight excluding hydrogens is 230 g/mol. The first-order valence-electron chi connectivity index (χ1n) is 6.55. The molecule has 2 N–H and O–H groups in total. The summed E-state index contributed by atoms with van der Waals surface area (Å²) in [7, 11) is 0. The third-order valence-corrected chi connectivity index (χ3v) is 4.76. The fraction of sp³-hybridized carbons (Fsp3) is 0.769. The first-order valence-corrected chi connectivity index (χ1v) is 7.36. The second kappa shape index (κ2) is 5.94. The average molecular weight is 253 g/mol. The summed E-state index contributed by atoms with van der Waals surface area (Å²) in [6.45, 7) is 9.95. The Bertz CT molecular complexity index is 356. The lowest BCUT2D eigenvalue weighted by atomic mass is 9.98. The number of aryl methyl sites for hydroxylation is 2. The predicted molar refractivity (Wildman–Crippen MR) is 73.6 cm³/mol. The van der Waals surface area contributed by atoms with Crippen LogP contribution in [0.15, 0.2) is 0 Å². The lowest BCUT2D eigenvalue weighted by Gasteiger charge is -2.24. The summed E-state index contributed by atoms with van der Waals surface area (Å²) < 4.78 is 0. The molecule has 1 aliphatic heterocycles. The zero-order valence-corrected chi connectivity index (χ0v) is 11.9. The molecule has 1 atom stereocenters. The van der Waals surface area contributed by atoms with E-state index in [0.717, 1.165) is 12.5 Å². The summed E-state index contributed by atoms with van der Waals surface area (Å²) in [5.41, 5.74) is 1.19. The van der Waals surface area contributed by atoms with Crippen molar-refractivity contribution in [2.24, 2.45) is 5.92 Å². The fourth-order valence-electron chi connectivity index (χ4n) is 2.47. The number of piperidine rings is 1. The standard InChI is InChI=1S/C13H23N3S/c1-9(13-10(2)16-11(3)17-13)15-8-12-4-6-14-7-5-12/h9,12,14-15H,4-8H2,1-3H3. The first kappa shape index (κ1) is 13.0. The lowest BCUT2D eigenvalue weighted by Crippen LogP contribution is -2.34. The maximum Gasteiger partial charge on any atom is 0.0900 e. The van der Waals surface area contributed by atoms with Crippen molar-refractivity contribution in [3.8, 4) is 0 Å². The normalized spacial score (nSPS) is 19.5. The van der Waals surface area contributed by atoms with E-state index in [1.54, 1.807) is 0 Å². The van der Waals surface area contributed by atoms with Gasteiger partial charge in [0.15, 0.2) is 0 Å². The molecule has 0 aliphatic carbocycles. The Kier molecular flexibility index (Phi) is 4.54. The van der Waals surface area contributed by atoms with Gasteiger partial charge in [-0.05, 0) is 59.2 Å². The quantitative estimate of drug-likeness (QED) is 0.865. The maximum atomic E-state index is 4.50. The van der Waals surface area contributed by atoms with Crippen LogP contribution in [0.25, 0.3) is 0 Å². The van der Waals surface area contributed by atoms with E-state index in [1.807, 2.05) is 11.3 Å². The molecule has 2 heterocycles. The Morgan fingerprint density at radius 2 is 2.12 bits per heavy atom. The fourth-order valence-corrected chi connectivity index (χ4v) is 3.43. The predicted octanol–water partition coefficient (Wildman–Crippen LogP) is 2.41. The molecule has 1 fully saturated rings. The molecule has 96 valence electrons. The van der Waals surface area contributed by atoms with Gasteiger partial charge in [-0.25, -0.2) is 4.98 Å². The van der Waals surface area contributed by atoms with Crippen LogP contribution in [0.1, 0.15) is 41.4 Å². The Hall–Kier alpha value is -0.450. The van der Waals surface area contributed by atoms with Crippen molar-refractivity contribution >= 4 is 11.3 Å². The highest BCUT2D eigenvalue weighted by atomic mass is 32.1. The van der Waals surface area contributed by atoms with Crippen LogP contribution in [-0.2, 0) is 0 Å². The van der Waals surface area contributed by atoms with Gasteiger partial charge in [0.05, 0.1) is 10.7 Å². The summed E-state index contributed by atoms with van der Waals surface area (Å²) in [5, 5.41) is 8.25. The van der Waals surface area contributed by atoms with Crippen LogP contribution in [0.2, 0.25) is 0 Å². The molecule has 17 heavy (non-hydrogen) atoms. The lowest BCUT2D eigenvalue weighted by molar-refractivity contribution is 0.345. The molecule has 1 aliphatic rings. The van der Waals surface area contributed by atoms with E-state index in [4.69, 9.17) is 0 Å². The van der Waals surface area contributed by atoms with Crippen molar-refractivity contribution in [2.75, 3.05) is 19.6 Å². The molecule has 1 saturated heterocycles. The number of hydrogen-bond donors (Lipinski definition) is 2. The Labute approximate surface area is 108 Å². The monoisotopic (exact) mass is 253 g/mol. The van der Waals surface area contributed by atoms with E-state index in [-0.39, 0.29) is 0 Å². The van der Waals surface area contributed by atoms with Crippen LogP contribution in [-0.4, -0.2) is 24.6 Å². The molecule has 0 bridgehead atoms. The minimum Gasteiger partial charge on any atom is -0.317 e. The van der Waals surface area contributed by atoms with Crippen molar-refractivity contribution in [3.05, 3.63) is 15.6 Å². The van der Waals surface area contributed by atoms with E-state index in [1.165, 1.54) is 41.5 Å². The summed E-state index contributed by atoms with van der Waals surface area (Å²) in [5.74, 6) is 0.841. The second-order valence-electron chi connectivity index (χ2n) is 5.01. The molecule has 3 nitrogen and oxygen atoms in total. The Morgan fingerprint density at radius 3 is 2.71 bits per heavy atom. The molecule has 4 heteroatoms. The first-order chi connectivity index (χ1) is 8.16. The van der Waals surface area contributed by atoms with Crippen molar-refractivity contribution in [1.29, 1.82) is 0 Å². The summed E-state index contributed by atoms with van der Waals surface area (Å²) in [6, 6.07) is 0.441. The van der Waals surface area contributed by atoms with Gasteiger partial charge >= 0.3 is 0 Å². The third kappa shape index (κ3) is 3.50. The minimum absolute atomic E-state index is 0.441. The van der Waals surface area contributed by atoms with E-state index in [9.17, 15) is 0 Å². The molecule has 0 saturated carbocycles. The van der Waals surface area contributed by atoms with Gasteiger partial charge < -0.3 is 10.6 Å². The molecule has 0 spiro atoms. The van der Waals surface area contributed by atoms with Gasteiger partial charge in [0.1, 0.15) is 0 Å². The molecule has 0 radical (unpaired) electrons. The van der Waals surface area contributed by atoms with E-state index < -0.39 is 0 Å². The van der Waals surface area contributed by atoms with Crippen molar-refractivity contribution in [2.45, 2.75) is 39.7 Å². The van der Waals surface area contributed by atoms with Crippen molar-refractivity contribution < 1.29 is 0 Å². The largest absolute Gasteiger partial charge is 0.317 e. The Morgan fingerprint density at radius 1 is 1.41 bits per heavy atom. The number of thiazole rings is 1. The van der Waals surface area contributed by atoms with Crippen LogP contribution in [0.5, 0.6) is 0 Å². The SMILES string of the molecule is Cc1nc(C)c(C(C)NCC2CCNCC2)s1. The molecule has 0 aromatic carbocycles. The van der Waals surface area contributed by atoms with Crippen LogP contribution in [0.3, 0.4) is 0 Å². The molecule has 0 amide bonds. The number of nitrogens with zero attached hydrogens (tertiary/aromatic N) is 1. The highest BCUT2D eigenvalue weighted by Gasteiger charge is 2.16. The van der Waals surface area contributed by atoms with Crippen LogP contribution < -0.4 is 10.6 Å². The zero-order valence-electron chi connectivity index (χ0n) is 11.0. The van der Waals surface area contributed by atoms with Gasteiger partial charge in [-0.15, -0.1) is 11.3 Å². The van der Waals surface area contributed by atoms with Crippen LogP contribution in [0, 0.1) is 19.8 Å². The van der Waals surface area contributed by atoms with Gasteiger partial charge in [0, 0.05) is 10.9 Å². The van der Waals surface area contributed by atoms with E-state index in [0.29, 0.717) is 6.04 Å². The maximum absolute atomic E-state index is 4.50. The van der Waals surface area contributed by atoms with Crippen LogP contribution >= 0.6 is 11.3 Å². The topological polar surface area (TPSA) is 37.0 Å². The zero-order chi connectivity index (χ0) is 12.3. The average Bonchev–Trinajstić information content (AvgIpc) is 2.67. The van der Waals surface area contributed by atoms with Crippen molar-refractivity contribution in [1.82, 2.24) is 15.6 Å². The number of aromatic nitrogens is 1. The summed E-state index contributed by atoms with van der Waals surface area (Å²) in [6.07, 6.45) is 2.61. The van der Waals surface area contributed by atoms with Crippen molar-refractivity contribution in [3.63, 3.8) is 0 Å². The van der Waals surface area contributed by atoms with Gasteiger partial charge in [-0.2, -0.15) is 0 Å². The molecular formula is C13H23N3S.